The van der Waals surface area contributed by atoms with E-state index in [1.54, 1.807) is 42.8 Å². The van der Waals surface area contributed by atoms with Gasteiger partial charge in [0, 0.05) is 25.1 Å². The maximum atomic E-state index is 14.0. The lowest BCUT2D eigenvalue weighted by molar-refractivity contribution is 0.0557. The minimum absolute atomic E-state index is 0.0241. The first-order valence-corrected chi connectivity index (χ1v) is 10.7. The number of aromatic nitrogens is 1. The third-order valence-corrected chi connectivity index (χ3v) is 5.45. The van der Waals surface area contributed by atoms with Gasteiger partial charge in [-0.25, -0.2) is 4.39 Å². The average molecular weight is 435 g/mol. The molecule has 32 heavy (non-hydrogen) atoms. The third kappa shape index (κ3) is 4.98. The van der Waals surface area contributed by atoms with Crippen molar-refractivity contribution >= 4 is 0 Å². The molecule has 0 spiro atoms. The number of halogens is 1. The number of hydrogen-bond donors (Lipinski definition) is 1. The Balaban J connectivity index is 1.55. The second kappa shape index (κ2) is 9.94. The van der Waals surface area contributed by atoms with Crippen molar-refractivity contribution in [2.45, 2.75) is 25.4 Å². The molecule has 1 aromatic heterocycles. The lowest BCUT2D eigenvalue weighted by Gasteiger charge is -2.30. The van der Waals surface area contributed by atoms with Crippen molar-refractivity contribution in [3.63, 3.8) is 0 Å². The van der Waals surface area contributed by atoms with E-state index in [-0.39, 0.29) is 12.3 Å². The fourth-order valence-electron chi connectivity index (χ4n) is 3.84. The minimum Gasteiger partial charge on any atom is -0.465 e. The standard InChI is InChI=1S/C26H26FNO4/c1-2-30-16-19-7-5-8-20(13-19)24-18-31-17-23(32-24)15-26(29,25-11-3-4-12-28-25)21-9-6-10-22(27)14-21/h3-12,14,17-19,29H,2,13,15-16H2,1H3. The van der Waals surface area contributed by atoms with Gasteiger partial charge >= 0.3 is 0 Å². The summed E-state index contributed by atoms with van der Waals surface area (Å²) < 4.78 is 31.2. The highest BCUT2D eigenvalue weighted by molar-refractivity contribution is 5.37. The SMILES string of the molecule is CCOCC1C=CC=C(C2=COC=C(CC(O)(c3cccc(F)c3)c3ccccn3)O2)C1. The van der Waals surface area contributed by atoms with Crippen molar-refractivity contribution in [2.24, 2.45) is 5.92 Å². The van der Waals surface area contributed by atoms with Crippen molar-refractivity contribution in [1.82, 2.24) is 4.98 Å². The van der Waals surface area contributed by atoms with Crippen LogP contribution in [0.15, 0.2) is 96.5 Å². The Morgan fingerprint density at radius 3 is 2.91 bits per heavy atom. The monoisotopic (exact) mass is 435 g/mol. The summed E-state index contributed by atoms with van der Waals surface area (Å²) in [6.45, 7) is 3.28. The summed E-state index contributed by atoms with van der Waals surface area (Å²) in [5, 5.41) is 11.7. The normalized spacial score (nSPS) is 19.7. The van der Waals surface area contributed by atoms with Gasteiger partial charge in [0.2, 0.25) is 0 Å². The van der Waals surface area contributed by atoms with E-state index in [2.05, 4.69) is 11.1 Å². The summed E-state index contributed by atoms with van der Waals surface area (Å²) in [5.74, 6) is 0.811. The summed E-state index contributed by atoms with van der Waals surface area (Å²) in [6.07, 6.45) is 11.5. The average Bonchev–Trinajstić information content (AvgIpc) is 2.83. The molecule has 1 aromatic carbocycles. The van der Waals surface area contributed by atoms with Crippen molar-refractivity contribution < 1.29 is 23.7 Å². The van der Waals surface area contributed by atoms with Crippen LogP contribution in [0.25, 0.3) is 0 Å². The van der Waals surface area contributed by atoms with E-state index in [0.29, 0.717) is 36.0 Å². The molecule has 0 amide bonds. The van der Waals surface area contributed by atoms with E-state index in [1.807, 2.05) is 19.1 Å². The van der Waals surface area contributed by atoms with Crippen LogP contribution in [-0.4, -0.2) is 23.3 Å². The van der Waals surface area contributed by atoms with Gasteiger partial charge in [-0.05, 0) is 48.7 Å². The van der Waals surface area contributed by atoms with E-state index in [4.69, 9.17) is 14.2 Å². The number of ether oxygens (including phenoxy) is 3. The molecule has 2 atom stereocenters. The smallest absolute Gasteiger partial charge is 0.165 e. The Morgan fingerprint density at radius 1 is 1.22 bits per heavy atom. The quantitative estimate of drug-likeness (QED) is 0.624. The molecule has 0 saturated heterocycles. The molecule has 2 unspecified atom stereocenters. The highest BCUT2D eigenvalue weighted by Gasteiger charge is 2.36. The van der Waals surface area contributed by atoms with Gasteiger partial charge < -0.3 is 19.3 Å². The van der Waals surface area contributed by atoms with Crippen molar-refractivity contribution in [1.29, 1.82) is 0 Å². The van der Waals surface area contributed by atoms with E-state index in [0.717, 1.165) is 12.0 Å². The second-order valence-corrected chi connectivity index (χ2v) is 7.77. The van der Waals surface area contributed by atoms with Gasteiger partial charge in [0.05, 0.1) is 12.3 Å². The summed E-state index contributed by atoms with van der Waals surface area (Å²) in [6, 6.07) is 11.1. The van der Waals surface area contributed by atoms with Crippen LogP contribution in [0, 0.1) is 11.7 Å². The second-order valence-electron chi connectivity index (χ2n) is 7.77. The maximum absolute atomic E-state index is 14.0. The van der Waals surface area contributed by atoms with Crippen LogP contribution < -0.4 is 0 Å². The van der Waals surface area contributed by atoms with Crippen LogP contribution in [0.1, 0.15) is 31.0 Å². The summed E-state index contributed by atoms with van der Waals surface area (Å²) >= 11 is 0. The molecule has 1 aliphatic carbocycles. The van der Waals surface area contributed by atoms with Gasteiger partial charge in [0.1, 0.15) is 29.7 Å². The zero-order valence-corrected chi connectivity index (χ0v) is 17.9. The highest BCUT2D eigenvalue weighted by Crippen LogP contribution is 2.38. The lowest BCUT2D eigenvalue weighted by atomic mass is 9.86. The first-order valence-electron chi connectivity index (χ1n) is 10.7. The predicted molar refractivity (Wildman–Crippen MR) is 118 cm³/mol. The number of nitrogens with zero attached hydrogens (tertiary/aromatic N) is 1. The van der Waals surface area contributed by atoms with Gasteiger partial charge in [-0.15, -0.1) is 0 Å². The Morgan fingerprint density at radius 2 is 2.12 bits per heavy atom. The largest absolute Gasteiger partial charge is 0.465 e. The number of benzene rings is 1. The number of rotatable bonds is 8. The summed E-state index contributed by atoms with van der Waals surface area (Å²) in [5.41, 5.74) is 0.158. The third-order valence-electron chi connectivity index (χ3n) is 5.45. The molecule has 4 rings (SSSR count). The topological polar surface area (TPSA) is 60.8 Å². The minimum atomic E-state index is -1.60. The molecule has 2 heterocycles. The molecule has 166 valence electrons. The van der Waals surface area contributed by atoms with Gasteiger partial charge in [0.25, 0.3) is 0 Å². The van der Waals surface area contributed by atoms with Crippen LogP contribution >= 0.6 is 0 Å². The fourth-order valence-corrected chi connectivity index (χ4v) is 3.84. The first-order chi connectivity index (χ1) is 15.6. The number of pyridine rings is 1. The van der Waals surface area contributed by atoms with Crippen molar-refractivity contribution in [3.8, 4) is 0 Å². The van der Waals surface area contributed by atoms with E-state index >= 15 is 0 Å². The van der Waals surface area contributed by atoms with E-state index in [9.17, 15) is 9.50 Å². The van der Waals surface area contributed by atoms with Crippen molar-refractivity contribution in [2.75, 3.05) is 13.2 Å². The van der Waals surface area contributed by atoms with Crippen LogP contribution in [0.4, 0.5) is 4.39 Å². The Hall–Kier alpha value is -3.22. The molecule has 1 aliphatic heterocycles. The molecule has 2 aromatic rings. The molecule has 2 aliphatic rings. The van der Waals surface area contributed by atoms with Crippen LogP contribution in [0.5, 0.6) is 0 Å². The first kappa shape index (κ1) is 22.0. The highest BCUT2D eigenvalue weighted by atomic mass is 19.1. The molecule has 0 radical (unpaired) electrons. The molecule has 6 heteroatoms. The Labute approximate surface area is 187 Å². The molecular formula is C26H26FNO4. The molecule has 5 nitrogen and oxygen atoms in total. The van der Waals surface area contributed by atoms with Crippen molar-refractivity contribution in [3.05, 3.63) is 114 Å². The molecular weight excluding hydrogens is 409 g/mol. The Bertz CT molecular complexity index is 1060. The molecule has 1 N–H and O–H groups in total. The zero-order valence-electron chi connectivity index (χ0n) is 17.9. The maximum Gasteiger partial charge on any atom is 0.165 e. The predicted octanol–water partition coefficient (Wildman–Crippen LogP) is 5.12. The zero-order chi connectivity index (χ0) is 22.4. The van der Waals surface area contributed by atoms with Crippen LogP contribution in [-0.2, 0) is 19.8 Å². The fraction of sp³-hybridized carbons (Fsp3) is 0.269. The van der Waals surface area contributed by atoms with Crippen LogP contribution in [0.3, 0.4) is 0 Å². The van der Waals surface area contributed by atoms with Gasteiger partial charge in [-0.1, -0.05) is 36.4 Å². The summed E-state index contributed by atoms with van der Waals surface area (Å²) in [7, 11) is 0. The lowest BCUT2D eigenvalue weighted by Crippen LogP contribution is -2.30. The van der Waals surface area contributed by atoms with E-state index < -0.39 is 11.4 Å². The van der Waals surface area contributed by atoms with Gasteiger partial charge in [0.15, 0.2) is 5.76 Å². The molecule has 0 bridgehead atoms. The van der Waals surface area contributed by atoms with Gasteiger partial charge in [-0.2, -0.15) is 0 Å². The molecule has 0 saturated carbocycles. The number of aliphatic hydroxyl groups is 1. The summed E-state index contributed by atoms with van der Waals surface area (Å²) in [4.78, 5) is 4.32. The van der Waals surface area contributed by atoms with Crippen LogP contribution in [0.2, 0.25) is 0 Å². The Kier molecular flexibility index (Phi) is 6.83. The number of hydrogen-bond acceptors (Lipinski definition) is 5. The number of allylic oxidation sites excluding steroid dienone is 3. The molecule has 0 fully saturated rings. The van der Waals surface area contributed by atoms with Gasteiger partial charge in [-0.3, -0.25) is 4.98 Å². The van der Waals surface area contributed by atoms with E-state index in [1.165, 1.54) is 18.4 Å².